The zero-order chi connectivity index (χ0) is 21.4. The van der Waals surface area contributed by atoms with Crippen LogP contribution in [0.3, 0.4) is 0 Å². The van der Waals surface area contributed by atoms with E-state index in [1.165, 1.54) is 0 Å². The predicted octanol–water partition coefficient (Wildman–Crippen LogP) is 5.59. The molecule has 30 heavy (non-hydrogen) atoms. The van der Waals surface area contributed by atoms with Crippen LogP contribution in [0.1, 0.15) is 31.9 Å². The van der Waals surface area contributed by atoms with Gasteiger partial charge in [-0.25, -0.2) is 0 Å². The third-order valence-corrected chi connectivity index (χ3v) is 6.50. The lowest BCUT2D eigenvalue weighted by molar-refractivity contribution is -0.136. The van der Waals surface area contributed by atoms with Crippen molar-refractivity contribution in [1.82, 2.24) is 4.90 Å². The largest absolute Gasteiger partial charge is 0.375 e. The summed E-state index contributed by atoms with van der Waals surface area (Å²) in [6.07, 6.45) is 0.455. The number of ether oxygens (including phenoxy) is 1. The number of morpholine rings is 1. The molecule has 3 atom stereocenters. The van der Waals surface area contributed by atoms with E-state index >= 15 is 0 Å². The normalized spacial score (nSPS) is 24.2. The molecule has 1 fully saturated rings. The number of hydrogen-bond acceptors (Lipinski definition) is 4. The maximum atomic E-state index is 13.3. The van der Waals surface area contributed by atoms with Crippen molar-refractivity contribution < 1.29 is 9.53 Å². The Hall–Kier alpha value is -1.79. The minimum Gasteiger partial charge on any atom is -0.375 e. The SMILES string of the molecule is CC1OCCN(C(=O)C2=NN(c3ccc(Cl)cc3Cl)C(c3ccc(Cl)cc3)C2)C1C. The highest BCUT2D eigenvalue weighted by Gasteiger charge is 2.38. The van der Waals surface area contributed by atoms with Crippen LogP contribution in [0.2, 0.25) is 15.1 Å². The van der Waals surface area contributed by atoms with Crippen LogP contribution in [0.25, 0.3) is 0 Å². The minimum absolute atomic E-state index is 0.0152. The molecule has 2 aromatic rings. The molecule has 8 heteroatoms. The summed E-state index contributed by atoms with van der Waals surface area (Å²) in [7, 11) is 0. The maximum absolute atomic E-state index is 13.3. The molecule has 2 heterocycles. The molecule has 4 rings (SSSR count). The summed E-state index contributed by atoms with van der Waals surface area (Å²) in [5.41, 5.74) is 2.20. The number of anilines is 1. The van der Waals surface area contributed by atoms with E-state index in [9.17, 15) is 4.79 Å². The van der Waals surface area contributed by atoms with Crippen LogP contribution in [0, 0.1) is 0 Å². The van der Waals surface area contributed by atoms with Gasteiger partial charge < -0.3 is 9.64 Å². The van der Waals surface area contributed by atoms with E-state index in [0.717, 1.165) is 5.56 Å². The van der Waals surface area contributed by atoms with Crippen molar-refractivity contribution in [2.45, 2.75) is 38.5 Å². The number of carbonyl (C=O) groups excluding carboxylic acids is 1. The fourth-order valence-corrected chi connectivity index (χ4v) is 4.48. The van der Waals surface area contributed by atoms with Crippen LogP contribution in [-0.2, 0) is 9.53 Å². The van der Waals surface area contributed by atoms with E-state index < -0.39 is 0 Å². The Morgan fingerprint density at radius 1 is 1.07 bits per heavy atom. The standard InChI is InChI=1S/C22H22Cl3N3O2/c1-13-14(2)30-10-9-27(13)22(29)19-12-21(15-3-5-16(23)6-4-15)28(26-19)20-8-7-17(24)11-18(20)25/h3-8,11,13-14,21H,9-10,12H2,1-2H3. The van der Waals surface area contributed by atoms with Crippen molar-refractivity contribution in [2.75, 3.05) is 18.2 Å². The van der Waals surface area contributed by atoms with Gasteiger partial charge in [0, 0.05) is 23.0 Å². The lowest BCUT2D eigenvalue weighted by Gasteiger charge is -2.37. The molecule has 1 amide bonds. The molecule has 0 radical (unpaired) electrons. The molecular formula is C22H22Cl3N3O2. The molecule has 0 spiro atoms. The summed E-state index contributed by atoms with van der Waals surface area (Å²) < 4.78 is 5.67. The van der Waals surface area contributed by atoms with E-state index in [1.807, 2.05) is 54.1 Å². The molecule has 3 unspecified atom stereocenters. The summed E-state index contributed by atoms with van der Waals surface area (Å²) in [6, 6.07) is 12.7. The molecule has 2 aliphatic rings. The number of nitrogens with zero attached hydrogens (tertiary/aromatic N) is 3. The number of benzene rings is 2. The van der Waals surface area contributed by atoms with Gasteiger partial charge in [0.05, 0.1) is 35.5 Å². The van der Waals surface area contributed by atoms with Gasteiger partial charge in [0.1, 0.15) is 5.71 Å². The van der Waals surface area contributed by atoms with Gasteiger partial charge in [0.2, 0.25) is 0 Å². The Labute approximate surface area is 191 Å². The average molecular weight is 467 g/mol. The van der Waals surface area contributed by atoms with Crippen molar-refractivity contribution in [3.8, 4) is 0 Å². The highest BCUT2D eigenvalue weighted by molar-refractivity contribution is 6.40. The first-order valence-electron chi connectivity index (χ1n) is 9.85. The quantitative estimate of drug-likeness (QED) is 0.592. The van der Waals surface area contributed by atoms with E-state index in [0.29, 0.717) is 46.0 Å². The second-order valence-corrected chi connectivity index (χ2v) is 8.85. The van der Waals surface area contributed by atoms with E-state index in [1.54, 1.807) is 12.1 Å². The van der Waals surface area contributed by atoms with E-state index in [2.05, 4.69) is 0 Å². The topological polar surface area (TPSA) is 45.1 Å². The van der Waals surface area contributed by atoms with Crippen LogP contribution in [0.4, 0.5) is 5.69 Å². The monoisotopic (exact) mass is 465 g/mol. The summed E-state index contributed by atoms with van der Waals surface area (Å²) in [4.78, 5) is 15.2. The van der Waals surface area contributed by atoms with Gasteiger partial charge in [-0.2, -0.15) is 5.10 Å². The molecular weight excluding hydrogens is 445 g/mol. The molecule has 0 aromatic heterocycles. The van der Waals surface area contributed by atoms with Crippen LogP contribution in [-0.4, -0.2) is 41.8 Å². The third kappa shape index (κ3) is 4.17. The predicted molar refractivity (Wildman–Crippen MR) is 122 cm³/mol. The van der Waals surface area contributed by atoms with Crippen LogP contribution in [0.5, 0.6) is 0 Å². The molecule has 158 valence electrons. The minimum atomic E-state index is -0.173. The average Bonchev–Trinajstić information content (AvgIpc) is 3.15. The maximum Gasteiger partial charge on any atom is 0.270 e. The van der Waals surface area contributed by atoms with Crippen LogP contribution in [0.15, 0.2) is 47.6 Å². The number of carbonyl (C=O) groups is 1. The van der Waals surface area contributed by atoms with Gasteiger partial charge in [-0.05, 0) is 49.7 Å². The Balaban J connectivity index is 1.70. The van der Waals surface area contributed by atoms with Crippen molar-refractivity contribution in [3.05, 3.63) is 63.1 Å². The van der Waals surface area contributed by atoms with Crippen molar-refractivity contribution in [3.63, 3.8) is 0 Å². The second-order valence-electron chi connectivity index (χ2n) is 7.57. The molecule has 0 aliphatic carbocycles. The van der Waals surface area contributed by atoms with E-state index in [-0.39, 0.29) is 24.1 Å². The molecule has 0 saturated carbocycles. The van der Waals surface area contributed by atoms with Gasteiger partial charge in [-0.1, -0.05) is 46.9 Å². The second kappa shape index (κ2) is 8.75. The summed E-state index contributed by atoms with van der Waals surface area (Å²) in [6.45, 7) is 5.06. The summed E-state index contributed by atoms with van der Waals surface area (Å²) in [5, 5.41) is 8.21. The smallest absolute Gasteiger partial charge is 0.270 e. The number of amides is 1. The van der Waals surface area contributed by atoms with Gasteiger partial charge in [0.25, 0.3) is 5.91 Å². The van der Waals surface area contributed by atoms with E-state index in [4.69, 9.17) is 44.6 Å². The highest BCUT2D eigenvalue weighted by atomic mass is 35.5. The number of rotatable bonds is 3. The number of hydrogen-bond donors (Lipinski definition) is 0. The van der Waals surface area contributed by atoms with Crippen LogP contribution < -0.4 is 5.01 Å². The Bertz CT molecular complexity index is 980. The molecule has 1 saturated heterocycles. The van der Waals surface area contributed by atoms with Gasteiger partial charge in [-0.15, -0.1) is 0 Å². The van der Waals surface area contributed by atoms with Gasteiger partial charge in [-0.3, -0.25) is 9.80 Å². The Morgan fingerprint density at radius 3 is 2.47 bits per heavy atom. The van der Waals surface area contributed by atoms with Crippen molar-refractivity contribution >= 4 is 52.1 Å². The molecule has 5 nitrogen and oxygen atoms in total. The Morgan fingerprint density at radius 2 is 1.77 bits per heavy atom. The first kappa shape index (κ1) is 21.4. The lowest BCUT2D eigenvalue weighted by Crippen LogP contribution is -2.53. The summed E-state index contributed by atoms with van der Waals surface area (Å²) >= 11 is 18.6. The number of halogens is 3. The molecule has 0 N–H and O–H groups in total. The van der Waals surface area contributed by atoms with Crippen molar-refractivity contribution in [2.24, 2.45) is 5.10 Å². The third-order valence-electron chi connectivity index (χ3n) is 5.71. The fourth-order valence-electron chi connectivity index (χ4n) is 3.86. The zero-order valence-electron chi connectivity index (χ0n) is 16.7. The van der Waals surface area contributed by atoms with Gasteiger partial charge in [0.15, 0.2) is 0 Å². The first-order valence-corrected chi connectivity index (χ1v) is 11.0. The van der Waals surface area contributed by atoms with Gasteiger partial charge >= 0.3 is 0 Å². The molecule has 2 aromatic carbocycles. The zero-order valence-corrected chi connectivity index (χ0v) is 19.0. The fraction of sp³-hybridized carbons (Fsp3) is 0.364. The number of hydrazone groups is 1. The molecule has 2 aliphatic heterocycles. The Kier molecular flexibility index (Phi) is 6.26. The van der Waals surface area contributed by atoms with Crippen LogP contribution >= 0.6 is 34.8 Å². The highest BCUT2D eigenvalue weighted by Crippen LogP contribution is 2.40. The molecule has 0 bridgehead atoms. The first-order chi connectivity index (χ1) is 14.3. The van der Waals surface area contributed by atoms with Crippen molar-refractivity contribution in [1.29, 1.82) is 0 Å². The summed E-state index contributed by atoms with van der Waals surface area (Å²) in [5.74, 6) is -0.0656. The lowest BCUT2D eigenvalue weighted by atomic mass is 10.00.